The Labute approximate surface area is 175 Å². The molecule has 2 heterocycles. The number of carboxylic acids is 1. The Hall–Kier alpha value is -3.02. The topological polar surface area (TPSA) is 76.5 Å². The van der Waals surface area contributed by atoms with E-state index in [4.69, 9.17) is 4.74 Å². The summed E-state index contributed by atoms with van der Waals surface area (Å²) in [6.07, 6.45) is 2.96. The van der Waals surface area contributed by atoms with Crippen LogP contribution in [0.15, 0.2) is 11.6 Å². The summed E-state index contributed by atoms with van der Waals surface area (Å²) >= 11 is 0. The van der Waals surface area contributed by atoms with Crippen LogP contribution in [0.4, 0.5) is 4.39 Å². The highest BCUT2D eigenvalue weighted by molar-refractivity contribution is 5.99. The van der Waals surface area contributed by atoms with Crippen molar-refractivity contribution in [1.82, 2.24) is 4.98 Å². The number of halogens is 1. The smallest absolute Gasteiger partial charge is 0.307 e. The molecule has 1 aliphatic heterocycles. The maximum atomic E-state index is 15.0. The maximum Gasteiger partial charge on any atom is 0.307 e. The fraction of sp³-hybridized carbons (Fsp3) is 0.375. The van der Waals surface area contributed by atoms with Gasteiger partial charge in [-0.25, -0.2) is 4.39 Å². The summed E-state index contributed by atoms with van der Waals surface area (Å²) in [5, 5.41) is 9.52. The number of nitrogens with zero attached hydrogens (tertiary/aromatic N) is 1. The van der Waals surface area contributed by atoms with Crippen LogP contribution in [0.5, 0.6) is 5.75 Å². The number of fused-ring (bicyclic) bond motifs is 1. The number of rotatable bonds is 5. The number of carbonyl (C=O) groups is 2. The van der Waals surface area contributed by atoms with Crippen molar-refractivity contribution in [2.75, 3.05) is 6.61 Å². The maximum absolute atomic E-state index is 15.0. The van der Waals surface area contributed by atoms with E-state index in [1.807, 2.05) is 13.8 Å². The number of pyridine rings is 1. The standard InChI is InChI=1S/C24H26FNO4/c1-12(16(5)27)9-19-14(3)26-15(4)20(11-22(28)29)23(19)18-10-21(25)24-17(13(18)2)7-6-8-30-24/h9-10H,6-8,11H2,1-5H3,(H,28,29)/b12-9+. The average molecular weight is 411 g/mol. The fourth-order valence-corrected chi connectivity index (χ4v) is 3.99. The van der Waals surface area contributed by atoms with Crippen LogP contribution < -0.4 is 4.74 Å². The van der Waals surface area contributed by atoms with Gasteiger partial charge in [0.05, 0.1) is 13.0 Å². The summed E-state index contributed by atoms with van der Waals surface area (Å²) in [6, 6.07) is 1.42. The Morgan fingerprint density at radius 2 is 1.93 bits per heavy atom. The fourth-order valence-electron chi connectivity index (χ4n) is 3.99. The van der Waals surface area contributed by atoms with Crippen LogP contribution in [0.3, 0.4) is 0 Å². The van der Waals surface area contributed by atoms with Crippen molar-refractivity contribution < 1.29 is 23.8 Å². The Kier molecular flexibility index (Phi) is 6.06. The Morgan fingerprint density at radius 1 is 1.23 bits per heavy atom. The third-order valence-corrected chi connectivity index (χ3v) is 5.68. The van der Waals surface area contributed by atoms with Crippen molar-refractivity contribution in [3.8, 4) is 16.9 Å². The molecule has 1 aliphatic rings. The first-order valence-corrected chi connectivity index (χ1v) is 9.98. The number of aromatic nitrogens is 1. The molecule has 0 radical (unpaired) electrons. The first-order valence-electron chi connectivity index (χ1n) is 9.98. The molecule has 0 atom stereocenters. The lowest BCUT2D eigenvalue weighted by Crippen LogP contribution is -2.14. The first-order chi connectivity index (χ1) is 14.1. The van der Waals surface area contributed by atoms with Gasteiger partial charge in [-0.15, -0.1) is 0 Å². The molecule has 0 fully saturated rings. The number of benzene rings is 1. The second kappa shape index (κ2) is 8.38. The van der Waals surface area contributed by atoms with Crippen molar-refractivity contribution in [3.05, 3.63) is 51.1 Å². The third kappa shape index (κ3) is 3.99. The van der Waals surface area contributed by atoms with Gasteiger partial charge in [-0.3, -0.25) is 14.6 Å². The Bertz CT molecular complexity index is 1090. The van der Waals surface area contributed by atoms with Gasteiger partial charge in [-0.05, 0) is 87.4 Å². The van der Waals surface area contributed by atoms with Gasteiger partial charge in [-0.1, -0.05) is 0 Å². The van der Waals surface area contributed by atoms with E-state index in [1.54, 1.807) is 19.9 Å². The van der Waals surface area contributed by atoms with Gasteiger partial charge in [0.2, 0.25) is 0 Å². The number of allylic oxidation sites excluding steroid dienone is 1. The minimum absolute atomic E-state index is 0.0950. The van der Waals surface area contributed by atoms with E-state index >= 15 is 0 Å². The van der Waals surface area contributed by atoms with Gasteiger partial charge in [0.25, 0.3) is 0 Å². The number of hydrogen-bond donors (Lipinski definition) is 1. The third-order valence-electron chi connectivity index (χ3n) is 5.68. The number of hydrogen-bond acceptors (Lipinski definition) is 4. The van der Waals surface area contributed by atoms with Gasteiger partial charge in [-0.2, -0.15) is 0 Å². The molecule has 0 unspecified atom stereocenters. The predicted octanol–water partition coefficient (Wildman–Crippen LogP) is 4.76. The van der Waals surface area contributed by atoms with E-state index in [1.165, 1.54) is 13.0 Å². The zero-order chi connectivity index (χ0) is 22.2. The van der Waals surface area contributed by atoms with Crippen molar-refractivity contribution in [1.29, 1.82) is 0 Å². The number of carbonyl (C=O) groups excluding carboxylic acids is 1. The minimum Gasteiger partial charge on any atom is -0.490 e. The van der Waals surface area contributed by atoms with Crippen LogP contribution in [0.2, 0.25) is 0 Å². The average Bonchev–Trinajstić information content (AvgIpc) is 2.68. The van der Waals surface area contributed by atoms with Crippen molar-refractivity contribution in [3.63, 3.8) is 0 Å². The molecule has 30 heavy (non-hydrogen) atoms. The molecule has 0 spiro atoms. The van der Waals surface area contributed by atoms with E-state index < -0.39 is 11.8 Å². The highest BCUT2D eigenvalue weighted by Crippen LogP contribution is 2.41. The normalized spacial score (nSPS) is 13.6. The number of aryl methyl sites for hydroxylation is 2. The largest absolute Gasteiger partial charge is 0.490 e. The van der Waals surface area contributed by atoms with Crippen LogP contribution >= 0.6 is 0 Å². The molecule has 1 N–H and O–H groups in total. The lowest BCUT2D eigenvalue weighted by molar-refractivity contribution is -0.136. The first kappa shape index (κ1) is 21.7. The molecule has 0 bridgehead atoms. The molecular formula is C24H26FNO4. The number of ketones is 1. The van der Waals surface area contributed by atoms with Gasteiger partial charge < -0.3 is 9.84 Å². The lowest BCUT2D eigenvalue weighted by atomic mass is 9.85. The van der Waals surface area contributed by atoms with Crippen LogP contribution in [0.25, 0.3) is 17.2 Å². The van der Waals surface area contributed by atoms with Crippen LogP contribution in [-0.4, -0.2) is 28.4 Å². The second-order valence-electron chi connectivity index (χ2n) is 7.79. The van der Waals surface area contributed by atoms with Crippen LogP contribution in [0, 0.1) is 26.6 Å². The lowest BCUT2D eigenvalue weighted by Gasteiger charge is -2.24. The summed E-state index contributed by atoms with van der Waals surface area (Å²) in [6.45, 7) is 9.13. The van der Waals surface area contributed by atoms with Crippen LogP contribution in [0.1, 0.15) is 53.9 Å². The molecule has 0 aliphatic carbocycles. The quantitative estimate of drug-likeness (QED) is 0.718. The SMILES string of the molecule is CC(=O)/C(C)=C/c1c(C)nc(C)c(CC(=O)O)c1-c1cc(F)c2c(c1C)CCCO2. The summed E-state index contributed by atoms with van der Waals surface area (Å²) in [5.74, 6) is -1.27. The summed E-state index contributed by atoms with van der Waals surface area (Å²) in [4.78, 5) is 28.0. The number of aliphatic carboxylic acids is 1. The van der Waals surface area contributed by atoms with Crippen molar-refractivity contribution >= 4 is 17.8 Å². The zero-order valence-electron chi connectivity index (χ0n) is 18.0. The van der Waals surface area contributed by atoms with Gasteiger partial charge in [0, 0.05) is 22.5 Å². The summed E-state index contributed by atoms with van der Waals surface area (Å²) in [7, 11) is 0. The van der Waals surface area contributed by atoms with E-state index in [-0.39, 0.29) is 18.0 Å². The van der Waals surface area contributed by atoms with Crippen LogP contribution in [-0.2, 0) is 22.4 Å². The summed E-state index contributed by atoms with van der Waals surface area (Å²) < 4.78 is 20.5. The highest BCUT2D eigenvalue weighted by Gasteiger charge is 2.25. The monoisotopic (exact) mass is 411 g/mol. The highest BCUT2D eigenvalue weighted by atomic mass is 19.1. The molecule has 158 valence electrons. The molecule has 0 amide bonds. The molecule has 2 aromatic rings. The van der Waals surface area contributed by atoms with E-state index in [2.05, 4.69) is 4.98 Å². The molecule has 1 aromatic heterocycles. The number of carboxylic acid groups (broad SMARTS) is 1. The molecule has 6 heteroatoms. The molecule has 0 saturated heterocycles. The Balaban J connectivity index is 2.43. The van der Waals surface area contributed by atoms with E-state index in [9.17, 15) is 19.1 Å². The predicted molar refractivity (Wildman–Crippen MR) is 113 cm³/mol. The van der Waals surface area contributed by atoms with Crippen molar-refractivity contribution in [2.45, 2.75) is 53.9 Å². The molecule has 5 nitrogen and oxygen atoms in total. The molecule has 1 aromatic carbocycles. The molecule has 0 saturated carbocycles. The van der Waals surface area contributed by atoms with Gasteiger partial charge in [0.15, 0.2) is 17.3 Å². The second-order valence-corrected chi connectivity index (χ2v) is 7.79. The van der Waals surface area contributed by atoms with Gasteiger partial charge >= 0.3 is 5.97 Å². The van der Waals surface area contributed by atoms with Gasteiger partial charge in [0.1, 0.15) is 0 Å². The minimum atomic E-state index is -0.998. The summed E-state index contributed by atoms with van der Waals surface area (Å²) in [5.41, 5.74) is 5.82. The Morgan fingerprint density at radius 3 is 2.57 bits per heavy atom. The number of ether oxygens (including phenoxy) is 1. The zero-order valence-corrected chi connectivity index (χ0v) is 18.0. The molecular weight excluding hydrogens is 385 g/mol. The van der Waals surface area contributed by atoms with E-state index in [0.29, 0.717) is 52.2 Å². The van der Waals surface area contributed by atoms with E-state index in [0.717, 1.165) is 17.5 Å². The molecule has 3 rings (SSSR count). The number of Topliss-reactive ketones (excluding diaryl/α,β-unsaturated/α-hetero) is 1. The van der Waals surface area contributed by atoms with Crippen molar-refractivity contribution in [2.24, 2.45) is 0 Å².